The highest BCUT2D eigenvalue weighted by molar-refractivity contribution is 5.96. The second-order valence-corrected chi connectivity index (χ2v) is 8.91. The first-order valence-electron chi connectivity index (χ1n) is 12.9. The van der Waals surface area contributed by atoms with E-state index in [1.165, 1.54) is 0 Å². The van der Waals surface area contributed by atoms with Crippen LogP contribution < -0.4 is 19.5 Å². The zero-order valence-electron chi connectivity index (χ0n) is 22.1. The minimum atomic E-state index is -0.138. The zero-order chi connectivity index (χ0) is 26.7. The lowest BCUT2D eigenvalue weighted by Crippen LogP contribution is -2.25. The van der Waals surface area contributed by atoms with Gasteiger partial charge >= 0.3 is 0 Å². The number of imidazole rings is 1. The van der Waals surface area contributed by atoms with E-state index >= 15 is 0 Å². The first-order chi connectivity index (χ1) is 18.6. The molecule has 7 nitrogen and oxygen atoms in total. The van der Waals surface area contributed by atoms with Crippen LogP contribution in [0, 0.1) is 0 Å². The topological polar surface area (TPSA) is 74.6 Å². The van der Waals surface area contributed by atoms with Crippen molar-refractivity contribution < 1.29 is 19.0 Å². The van der Waals surface area contributed by atoms with Crippen molar-refractivity contribution in [2.75, 3.05) is 27.4 Å². The van der Waals surface area contributed by atoms with Crippen LogP contribution in [0.2, 0.25) is 0 Å². The van der Waals surface area contributed by atoms with Crippen molar-refractivity contribution in [1.29, 1.82) is 0 Å². The van der Waals surface area contributed by atoms with Gasteiger partial charge < -0.3 is 24.1 Å². The fourth-order valence-corrected chi connectivity index (χ4v) is 4.47. The van der Waals surface area contributed by atoms with Gasteiger partial charge in [-0.3, -0.25) is 4.79 Å². The normalized spacial score (nSPS) is 10.8. The number of allylic oxidation sites excluding steroid dienone is 1. The van der Waals surface area contributed by atoms with Crippen LogP contribution in [0.3, 0.4) is 0 Å². The van der Waals surface area contributed by atoms with Gasteiger partial charge in [-0.25, -0.2) is 4.98 Å². The molecule has 1 amide bonds. The highest BCUT2D eigenvalue weighted by atomic mass is 16.5. The number of carbonyl (C=O) groups is 1. The maximum atomic E-state index is 12.6. The lowest BCUT2D eigenvalue weighted by molar-refractivity contribution is 0.0950. The van der Waals surface area contributed by atoms with Gasteiger partial charge in [0.2, 0.25) is 0 Å². The van der Waals surface area contributed by atoms with Crippen LogP contribution in [0.5, 0.6) is 17.2 Å². The fourth-order valence-electron chi connectivity index (χ4n) is 4.47. The van der Waals surface area contributed by atoms with Gasteiger partial charge in [0, 0.05) is 19.5 Å². The van der Waals surface area contributed by atoms with Crippen molar-refractivity contribution in [2.45, 2.75) is 32.2 Å². The van der Waals surface area contributed by atoms with Gasteiger partial charge in [0.1, 0.15) is 11.6 Å². The molecule has 0 atom stereocenters. The van der Waals surface area contributed by atoms with Gasteiger partial charge in [-0.1, -0.05) is 36.4 Å². The molecule has 1 N–H and O–H groups in total. The molecule has 1 heterocycles. The van der Waals surface area contributed by atoms with Crippen LogP contribution in [0.4, 0.5) is 0 Å². The van der Waals surface area contributed by atoms with Gasteiger partial charge in [-0.2, -0.15) is 0 Å². The number of fused-ring (bicyclic) bond motifs is 1. The van der Waals surface area contributed by atoms with Gasteiger partial charge in [0.15, 0.2) is 11.5 Å². The third-order valence-corrected chi connectivity index (χ3v) is 6.34. The Bertz CT molecular complexity index is 1380. The number of aryl methyl sites for hydroxylation is 2. The van der Waals surface area contributed by atoms with E-state index in [-0.39, 0.29) is 5.91 Å². The summed E-state index contributed by atoms with van der Waals surface area (Å²) in [5.74, 6) is 2.90. The van der Waals surface area contributed by atoms with Crippen LogP contribution >= 0.6 is 0 Å². The average Bonchev–Trinajstić information content (AvgIpc) is 3.31. The van der Waals surface area contributed by atoms with Gasteiger partial charge in [-0.15, -0.1) is 6.58 Å². The van der Waals surface area contributed by atoms with Crippen molar-refractivity contribution >= 4 is 16.9 Å². The molecule has 0 saturated heterocycles. The van der Waals surface area contributed by atoms with E-state index in [4.69, 9.17) is 19.2 Å². The summed E-state index contributed by atoms with van der Waals surface area (Å²) >= 11 is 0. The van der Waals surface area contributed by atoms with Crippen LogP contribution in [0.1, 0.15) is 34.6 Å². The Morgan fingerprint density at radius 2 is 1.76 bits per heavy atom. The molecule has 198 valence electrons. The number of hydrogen-bond donors (Lipinski definition) is 1. The molecular weight excluding hydrogens is 478 g/mol. The van der Waals surface area contributed by atoms with Crippen molar-refractivity contribution in [3.05, 3.63) is 96.3 Å². The molecule has 0 unspecified atom stereocenters. The molecule has 1 aromatic heterocycles. The lowest BCUT2D eigenvalue weighted by Gasteiger charge is -2.13. The average molecular weight is 514 g/mol. The Hall–Kier alpha value is -4.26. The Morgan fingerprint density at radius 3 is 2.58 bits per heavy atom. The minimum absolute atomic E-state index is 0.138. The number of hydrogen-bond acceptors (Lipinski definition) is 5. The van der Waals surface area contributed by atoms with Crippen LogP contribution in [0.25, 0.3) is 11.0 Å². The van der Waals surface area contributed by atoms with E-state index < -0.39 is 0 Å². The summed E-state index contributed by atoms with van der Waals surface area (Å²) in [5, 5.41) is 3.00. The molecule has 4 rings (SSSR count). The SMILES string of the molecule is C=CCc1ccc(OCCCn2c(CCCNC(=O)c3ccccc3OC)nc3ccccc32)c(OC)c1. The number of aromatic nitrogens is 2. The maximum Gasteiger partial charge on any atom is 0.255 e. The zero-order valence-corrected chi connectivity index (χ0v) is 22.1. The van der Waals surface area contributed by atoms with Gasteiger partial charge in [0.05, 0.1) is 37.4 Å². The summed E-state index contributed by atoms with van der Waals surface area (Å²) in [7, 11) is 3.22. The predicted molar refractivity (Wildman–Crippen MR) is 150 cm³/mol. The smallest absolute Gasteiger partial charge is 0.255 e. The van der Waals surface area contributed by atoms with Gasteiger partial charge in [-0.05, 0) is 61.2 Å². The molecular formula is C31H35N3O4. The molecule has 4 aromatic rings. The molecule has 3 aromatic carbocycles. The van der Waals surface area contributed by atoms with Crippen molar-refractivity contribution in [3.8, 4) is 17.2 Å². The molecule has 7 heteroatoms. The molecule has 0 spiro atoms. The Balaban J connectivity index is 1.34. The Morgan fingerprint density at radius 1 is 0.974 bits per heavy atom. The highest BCUT2D eigenvalue weighted by Gasteiger charge is 2.13. The summed E-state index contributed by atoms with van der Waals surface area (Å²) in [6.45, 7) is 5.67. The lowest BCUT2D eigenvalue weighted by atomic mass is 10.1. The largest absolute Gasteiger partial charge is 0.496 e. The molecule has 0 aliphatic heterocycles. The summed E-state index contributed by atoms with van der Waals surface area (Å²) in [6, 6.07) is 21.4. The Labute approximate surface area is 224 Å². The quantitative estimate of drug-likeness (QED) is 0.175. The monoisotopic (exact) mass is 513 g/mol. The molecule has 38 heavy (non-hydrogen) atoms. The number of nitrogens with zero attached hydrogens (tertiary/aromatic N) is 2. The van der Waals surface area contributed by atoms with E-state index in [9.17, 15) is 4.79 Å². The third kappa shape index (κ3) is 6.54. The summed E-state index contributed by atoms with van der Waals surface area (Å²) in [6.07, 6.45) is 5.00. The maximum absolute atomic E-state index is 12.6. The first kappa shape index (κ1) is 26.8. The summed E-state index contributed by atoms with van der Waals surface area (Å²) < 4.78 is 19.1. The molecule has 0 aliphatic carbocycles. The van der Waals surface area contributed by atoms with Crippen LogP contribution in [-0.2, 0) is 19.4 Å². The number of carbonyl (C=O) groups excluding carboxylic acids is 1. The minimum Gasteiger partial charge on any atom is -0.496 e. The van der Waals surface area contributed by atoms with Crippen molar-refractivity contribution in [1.82, 2.24) is 14.9 Å². The molecule has 0 aliphatic rings. The van der Waals surface area contributed by atoms with E-state index in [0.717, 1.165) is 66.1 Å². The summed E-state index contributed by atoms with van der Waals surface area (Å²) in [5.41, 5.74) is 3.75. The number of amides is 1. The van der Waals surface area contributed by atoms with Gasteiger partial charge in [0.25, 0.3) is 5.91 Å². The number of rotatable bonds is 14. The number of ether oxygens (including phenoxy) is 3. The van der Waals surface area contributed by atoms with Crippen LogP contribution in [-0.4, -0.2) is 42.8 Å². The molecule has 0 saturated carbocycles. The highest BCUT2D eigenvalue weighted by Crippen LogP contribution is 2.28. The second-order valence-electron chi connectivity index (χ2n) is 8.91. The molecule has 0 bridgehead atoms. The molecule has 0 fully saturated rings. The number of nitrogens with one attached hydrogen (secondary N) is 1. The fraction of sp³-hybridized carbons (Fsp3) is 0.290. The second kappa shape index (κ2) is 13.3. The van der Waals surface area contributed by atoms with E-state index in [2.05, 4.69) is 22.5 Å². The van der Waals surface area contributed by atoms with Crippen molar-refractivity contribution in [2.24, 2.45) is 0 Å². The number of benzene rings is 3. The standard InChI is InChI=1S/C31H35N3O4/c1-4-11-23-17-18-28(29(22-23)37-3)38-21-10-20-34-26-14-7-6-13-25(26)33-30(34)16-9-19-32-31(35)24-12-5-8-15-27(24)36-2/h4-8,12-15,17-18,22H,1,9-11,16,19-21H2,2-3H3,(H,32,35). The predicted octanol–water partition coefficient (Wildman–Crippen LogP) is 5.61. The Kier molecular flexibility index (Phi) is 9.40. The van der Waals surface area contributed by atoms with Crippen LogP contribution in [0.15, 0.2) is 79.4 Å². The molecule has 0 radical (unpaired) electrons. The van der Waals surface area contributed by atoms with Crippen molar-refractivity contribution in [3.63, 3.8) is 0 Å². The van der Waals surface area contributed by atoms with E-state index in [1.807, 2.05) is 54.6 Å². The van der Waals surface area contributed by atoms with E-state index in [0.29, 0.717) is 24.5 Å². The number of para-hydroxylation sites is 3. The first-order valence-corrected chi connectivity index (χ1v) is 12.9. The number of methoxy groups -OCH3 is 2. The van der Waals surface area contributed by atoms with E-state index in [1.54, 1.807) is 26.4 Å². The third-order valence-electron chi connectivity index (χ3n) is 6.34. The summed E-state index contributed by atoms with van der Waals surface area (Å²) in [4.78, 5) is 17.5.